The Balaban J connectivity index is 1.63. The van der Waals surface area contributed by atoms with Gasteiger partial charge in [0.1, 0.15) is 12.2 Å². The first-order chi connectivity index (χ1) is 12.2. The molecule has 2 saturated heterocycles. The van der Waals surface area contributed by atoms with Crippen molar-refractivity contribution in [3.63, 3.8) is 0 Å². The van der Waals surface area contributed by atoms with Gasteiger partial charge >= 0.3 is 5.97 Å². The van der Waals surface area contributed by atoms with Gasteiger partial charge in [-0.2, -0.15) is 0 Å². The maximum Gasteiger partial charge on any atom is 0.337 e. The molecule has 0 amide bonds. The van der Waals surface area contributed by atoms with E-state index in [9.17, 15) is 4.79 Å². The Kier molecular flexibility index (Phi) is 4.34. The zero-order valence-electron chi connectivity index (χ0n) is 16.3. The van der Waals surface area contributed by atoms with E-state index in [1.54, 1.807) is 14.2 Å². The third-order valence-electron chi connectivity index (χ3n) is 6.10. The van der Waals surface area contributed by atoms with Crippen LogP contribution in [0.15, 0.2) is 0 Å². The minimum absolute atomic E-state index is 0.265. The normalized spacial score (nSPS) is 44.2. The third-order valence-corrected chi connectivity index (χ3v) is 7.10. The molecule has 0 N–H and O–H groups in total. The highest BCUT2D eigenvalue weighted by atomic mass is 28.4. The van der Waals surface area contributed by atoms with Gasteiger partial charge in [0.15, 0.2) is 13.9 Å². The maximum atomic E-state index is 12.6. The van der Waals surface area contributed by atoms with Crippen molar-refractivity contribution >= 4 is 14.3 Å². The molecule has 5 atom stereocenters. The molecule has 0 aromatic carbocycles. The standard InChI is InChI=1S/C18H30O7Si/c1-20-17(21-2)8-6-7-9-18(17)23-13-11-16(25-26(3,4)5)10-12(14(13)24-18)22-15(16)19/h12-14H,6-11H2,1-5H3/t12-,13-,14+,16-,18-/m1/s1. The molecule has 148 valence electrons. The van der Waals surface area contributed by atoms with E-state index < -0.39 is 25.5 Å². The van der Waals surface area contributed by atoms with Crippen molar-refractivity contribution in [3.05, 3.63) is 0 Å². The summed E-state index contributed by atoms with van der Waals surface area (Å²) in [6.45, 7) is 6.26. The predicted octanol–water partition coefficient (Wildman–Crippen LogP) is 2.34. The Bertz CT molecular complexity index is 587. The lowest BCUT2D eigenvalue weighted by Gasteiger charge is -2.47. The summed E-state index contributed by atoms with van der Waals surface area (Å²) in [4.78, 5) is 12.6. The molecule has 0 aromatic heterocycles. The summed E-state index contributed by atoms with van der Waals surface area (Å²) in [5, 5.41) is 0. The summed E-state index contributed by atoms with van der Waals surface area (Å²) in [5.41, 5.74) is -0.900. The molecule has 2 bridgehead atoms. The van der Waals surface area contributed by atoms with Gasteiger partial charge in [0.2, 0.25) is 11.6 Å². The Labute approximate surface area is 155 Å². The summed E-state index contributed by atoms with van der Waals surface area (Å²) in [7, 11) is 1.33. The van der Waals surface area contributed by atoms with Crippen LogP contribution < -0.4 is 0 Å². The molecule has 2 aliphatic heterocycles. The van der Waals surface area contributed by atoms with Crippen molar-refractivity contribution in [1.29, 1.82) is 0 Å². The van der Waals surface area contributed by atoms with E-state index >= 15 is 0 Å². The number of esters is 1. The second kappa shape index (κ2) is 5.99. The van der Waals surface area contributed by atoms with Crippen molar-refractivity contribution in [3.8, 4) is 0 Å². The first kappa shape index (κ1) is 18.8. The van der Waals surface area contributed by atoms with Gasteiger partial charge in [-0.25, -0.2) is 4.79 Å². The van der Waals surface area contributed by atoms with Crippen LogP contribution in [0, 0.1) is 0 Å². The van der Waals surface area contributed by atoms with Gasteiger partial charge in [-0.3, -0.25) is 0 Å². The number of rotatable bonds is 4. The molecule has 4 fully saturated rings. The van der Waals surface area contributed by atoms with Crippen LogP contribution in [0.25, 0.3) is 0 Å². The summed E-state index contributed by atoms with van der Waals surface area (Å²) >= 11 is 0. The van der Waals surface area contributed by atoms with Crippen LogP contribution in [0.3, 0.4) is 0 Å². The van der Waals surface area contributed by atoms with Crippen LogP contribution in [0.1, 0.15) is 38.5 Å². The fraction of sp³-hybridized carbons (Fsp3) is 0.944. The fourth-order valence-electron chi connectivity index (χ4n) is 5.18. The van der Waals surface area contributed by atoms with Crippen LogP contribution in [-0.4, -0.2) is 64.0 Å². The molecule has 1 spiro atoms. The lowest BCUT2D eigenvalue weighted by molar-refractivity contribution is -0.388. The monoisotopic (exact) mass is 386 g/mol. The van der Waals surface area contributed by atoms with E-state index in [0.29, 0.717) is 25.7 Å². The average molecular weight is 387 g/mol. The van der Waals surface area contributed by atoms with Crippen LogP contribution in [0.2, 0.25) is 19.6 Å². The summed E-state index contributed by atoms with van der Waals surface area (Å²) in [5.74, 6) is -2.16. The average Bonchev–Trinajstić information content (AvgIpc) is 3.05. The number of ether oxygens (including phenoxy) is 5. The second-order valence-electron chi connectivity index (χ2n) is 8.92. The first-order valence-corrected chi connectivity index (χ1v) is 13.0. The van der Waals surface area contributed by atoms with Gasteiger partial charge in [0.05, 0.1) is 6.10 Å². The van der Waals surface area contributed by atoms with E-state index in [-0.39, 0.29) is 24.3 Å². The highest BCUT2D eigenvalue weighted by Gasteiger charge is 2.70. The van der Waals surface area contributed by atoms with Gasteiger partial charge in [-0.05, 0) is 32.5 Å². The Hall–Kier alpha value is -0.513. The predicted molar refractivity (Wildman–Crippen MR) is 94.0 cm³/mol. The van der Waals surface area contributed by atoms with Crippen LogP contribution >= 0.6 is 0 Å². The molecule has 2 heterocycles. The number of carbonyl (C=O) groups is 1. The number of fused-ring (bicyclic) bond motifs is 4. The van der Waals surface area contributed by atoms with Gasteiger partial charge in [0.25, 0.3) is 0 Å². The molecule has 0 aromatic rings. The van der Waals surface area contributed by atoms with Gasteiger partial charge in [-0.15, -0.1) is 0 Å². The van der Waals surface area contributed by atoms with Crippen molar-refractivity contribution in [2.45, 2.75) is 93.7 Å². The number of hydrogen-bond donors (Lipinski definition) is 0. The SMILES string of the molecule is COC1(OC)CCCC[C@@]12O[C@H]1[C@H]3C[C@@](O[Si](C)(C)C)(C[C@H]1O2)C(=O)O3. The molecule has 26 heavy (non-hydrogen) atoms. The summed E-state index contributed by atoms with van der Waals surface area (Å²) in [6, 6.07) is 0. The Morgan fingerprint density at radius 3 is 2.31 bits per heavy atom. The first-order valence-electron chi connectivity index (χ1n) is 9.55. The van der Waals surface area contributed by atoms with E-state index in [1.165, 1.54) is 0 Å². The molecule has 0 unspecified atom stereocenters. The van der Waals surface area contributed by atoms with Gasteiger partial charge < -0.3 is 28.1 Å². The second-order valence-corrected chi connectivity index (χ2v) is 13.3. The van der Waals surface area contributed by atoms with Crippen LogP contribution in [0.4, 0.5) is 0 Å². The highest BCUT2D eigenvalue weighted by molar-refractivity contribution is 6.70. The van der Waals surface area contributed by atoms with E-state index in [1.807, 2.05) is 0 Å². The minimum atomic E-state index is -1.93. The number of carbonyl (C=O) groups excluding carboxylic acids is 1. The molecule has 2 aliphatic carbocycles. The topological polar surface area (TPSA) is 72.5 Å². The lowest BCUT2D eigenvalue weighted by atomic mass is 9.82. The zero-order valence-corrected chi connectivity index (χ0v) is 17.3. The molecule has 4 rings (SSSR count). The molecular weight excluding hydrogens is 356 g/mol. The largest absolute Gasteiger partial charge is 0.457 e. The zero-order chi connectivity index (χ0) is 18.8. The molecule has 2 saturated carbocycles. The fourth-order valence-corrected chi connectivity index (χ4v) is 6.60. The van der Waals surface area contributed by atoms with Crippen molar-refractivity contribution in [1.82, 2.24) is 0 Å². The third kappa shape index (κ3) is 2.61. The summed E-state index contributed by atoms with van der Waals surface area (Å²) in [6.07, 6.45) is 3.46. The maximum absolute atomic E-state index is 12.6. The highest BCUT2D eigenvalue weighted by Crippen LogP contribution is 2.55. The number of hydrogen-bond acceptors (Lipinski definition) is 7. The molecule has 8 heteroatoms. The van der Waals surface area contributed by atoms with E-state index in [0.717, 1.165) is 12.8 Å². The lowest BCUT2D eigenvalue weighted by Crippen LogP contribution is -2.60. The van der Waals surface area contributed by atoms with Gasteiger partial charge in [-0.1, -0.05) is 0 Å². The molecular formula is C18H30O7Si. The molecule has 7 nitrogen and oxygen atoms in total. The van der Waals surface area contributed by atoms with Crippen molar-refractivity contribution in [2.75, 3.05) is 14.2 Å². The number of methoxy groups -OCH3 is 2. The van der Waals surface area contributed by atoms with Gasteiger partial charge in [0, 0.05) is 39.9 Å². The van der Waals surface area contributed by atoms with Crippen LogP contribution in [-0.2, 0) is 32.9 Å². The summed E-state index contributed by atoms with van der Waals surface area (Å²) < 4.78 is 36.5. The Morgan fingerprint density at radius 1 is 1.00 bits per heavy atom. The van der Waals surface area contributed by atoms with E-state index in [2.05, 4.69) is 19.6 Å². The minimum Gasteiger partial charge on any atom is -0.457 e. The van der Waals surface area contributed by atoms with Crippen molar-refractivity contribution in [2.24, 2.45) is 0 Å². The van der Waals surface area contributed by atoms with E-state index in [4.69, 9.17) is 28.1 Å². The smallest absolute Gasteiger partial charge is 0.337 e. The Morgan fingerprint density at radius 2 is 1.65 bits per heavy atom. The van der Waals surface area contributed by atoms with Crippen molar-refractivity contribution < 1.29 is 32.9 Å². The molecule has 0 radical (unpaired) electrons. The quantitative estimate of drug-likeness (QED) is 0.417. The molecule has 4 aliphatic rings. The van der Waals surface area contributed by atoms with Crippen LogP contribution in [0.5, 0.6) is 0 Å².